The van der Waals surface area contributed by atoms with Gasteiger partial charge in [-0.15, -0.1) is 0 Å². The number of benzene rings is 2. The Bertz CT molecular complexity index is 493. The number of nitrogens with two attached hydrogens (primary N) is 1. The van der Waals surface area contributed by atoms with Gasteiger partial charge in [-0.1, -0.05) is 22.0 Å². The van der Waals surface area contributed by atoms with Gasteiger partial charge in [0.1, 0.15) is 18.2 Å². The molecule has 0 unspecified atom stereocenters. The summed E-state index contributed by atoms with van der Waals surface area (Å²) < 4.78 is 19.9. The fraction of sp³-hybridized carbons (Fsp3) is 0.0769. The van der Waals surface area contributed by atoms with Crippen LogP contribution in [-0.2, 0) is 6.61 Å². The smallest absolute Gasteiger partial charge is 0.131 e. The second kappa shape index (κ2) is 5.19. The van der Waals surface area contributed by atoms with E-state index in [4.69, 9.17) is 10.5 Å². The van der Waals surface area contributed by atoms with Gasteiger partial charge < -0.3 is 10.5 Å². The first kappa shape index (κ1) is 11.9. The van der Waals surface area contributed by atoms with Crippen molar-refractivity contribution < 1.29 is 9.13 Å². The summed E-state index contributed by atoms with van der Waals surface area (Å²) in [5, 5.41) is 0. The molecule has 0 heterocycles. The van der Waals surface area contributed by atoms with Crippen molar-refractivity contribution in [2.75, 3.05) is 5.73 Å². The lowest BCUT2D eigenvalue weighted by molar-refractivity contribution is 0.300. The normalized spacial score (nSPS) is 10.2. The van der Waals surface area contributed by atoms with Crippen LogP contribution in [0.3, 0.4) is 0 Å². The van der Waals surface area contributed by atoms with Gasteiger partial charge >= 0.3 is 0 Å². The van der Waals surface area contributed by atoms with E-state index in [9.17, 15) is 4.39 Å². The first-order chi connectivity index (χ1) is 8.16. The van der Waals surface area contributed by atoms with E-state index in [2.05, 4.69) is 15.9 Å². The number of rotatable bonds is 3. The Morgan fingerprint density at radius 2 is 1.82 bits per heavy atom. The summed E-state index contributed by atoms with van der Waals surface area (Å²) in [6, 6.07) is 11.9. The van der Waals surface area contributed by atoms with Gasteiger partial charge in [-0.05, 0) is 36.4 Å². The topological polar surface area (TPSA) is 35.2 Å². The standard InChI is InChI=1S/C13H11BrFNO/c14-9-4-6-10(7-5-9)17-8-11-12(15)2-1-3-13(11)16/h1-7H,8,16H2. The van der Waals surface area contributed by atoms with Gasteiger partial charge in [0.05, 0.1) is 0 Å². The van der Waals surface area contributed by atoms with Crippen molar-refractivity contribution in [3.8, 4) is 5.75 Å². The van der Waals surface area contributed by atoms with E-state index < -0.39 is 0 Å². The Morgan fingerprint density at radius 3 is 2.47 bits per heavy atom. The average Bonchev–Trinajstić information content (AvgIpc) is 2.31. The molecule has 2 N–H and O–H groups in total. The molecule has 2 aromatic carbocycles. The molecule has 0 spiro atoms. The molecule has 2 aromatic rings. The van der Waals surface area contributed by atoms with E-state index in [1.54, 1.807) is 24.3 Å². The minimum Gasteiger partial charge on any atom is -0.489 e. The second-order valence-corrected chi connectivity index (χ2v) is 4.47. The molecule has 0 fully saturated rings. The summed E-state index contributed by atoms with van der Waals surface area (Å²) in [6.07, 6.45) is 0. The lowest BCUT2D eigenvalue weighted by Crippen LogP contribution is -2.02. The molecular weight excluding hydrogens is 285 g/mol. The molecule has 0 aliphatic heterocycles. The number of ether oxygens (including phenoxy) is 1. The maximum absolute atomic E-state index is 13.4. The quantitative estimate of drug-likeness (QED) is 0.875. The van der Waals surface area contributed by atoms with Gasteiger partial charge in [-0.3, -0.25) is 0 Å². The summed E-state index contributed by atoms with van der Waals surface area (Å²) in [5.74, 6) is 0.331. The third-order valence-electron chi connectivity index (χ3n) is 2.35. The summed E-state index contributed by atoms with van der Waals surface area (Å²) >= 11 is 3.33. The molecule has 0 saturated carbocycles. The highest BCUT2D eigenvalue weighted by Gasteiger charge is 2.06. The minimum absolute atomic E-state index is 0.125. The molecule has 0 bridgehead atoms. The van der Waals surface area contributed by atoms with Crippen LogP contribution in [0, 0.1) is 5.82 Å². The summed E-state index contributed by atoms with van der Waals surface area (Å²) in [7, 11) is 0. The van der Waals surface area contributed by atoms with Crippen LogP contribution in [0.25, 0.3) is 0 Å². The SMILES string of the molecule is Nc1cccc(F)c1COc1ccc(Br)cc1. The number of nitrogen functional groups attached to an aromatic ring is 1. The van der Waals surface area contributed by atoms with E-state index >= 15 is 0 Å². The fourth-order valence-electron chi connectivity index (χ4n) is 1.41. The zero-order valence-electron chi connectivity index (χ0n) is 8.99. The highest BCUT2D eigenvalue weighted by Crippen LogP contribution is 2.20. The summed E-state index contributed by atoms with van der Waals surface area (Å²) in [6.45, 7) is 0.125. The highest BCUT2D eigenvalue weighted by molar-refractivity contribution is 9.10. The minimum atomic E-state index is -0.345. The van der Waals surface area contributed by atoms with E-state index in [1.165, 1.54) is 6.07 Å². The first-order valence-electron chi connectivity index (χ1n) is 5.08. The third-order valence-corrected chi connectivity index (χ3v) is 2.88. The van der Waals surface area contributed by atoms with E-state index in [0.29, 0.717) is 17.0 Å². The van der Waals surface area contributed by atoms with Crippen LogP contribution >= 0.6 is 15.9 Å². The van der Waals surface area contributed by atoms with Gasteiger partial charge in [0.15, 0.2) is 0 Å². The largest absolute Gasteiger partial charge is 0.489 e. The van der Waals surface area contributed by atoms with Gasteiger partial charge in [-0.2, -0.15) is 0 Å². The van der Waals surface area contributed by atoms with Crippen LogP contribution in [0.1, 0.15) is 5.56 Å². The van der Waals surface area contributed by atoms with Gasteiger partial charge in [0.2, 0.25) is 0 Å². The Balaban J connectivity index is 2.10. The van der Waals surface area contributed by atoms with Crippen LogP contribution in [0.5, 0.6) is 5.75 Å². The monoisotopic (exact) mass is 295 g/mol. The molecule has 88 valence electrons. The molecule has 0 aliphatic rings. The number of halogens is 2. The lowest BCUT2D eigenvalue weighted by atomic mass is 10.2. The van der Waals surface area contributed by atoms with Crippen molar-refractivity contribution in [2.24, 2.45) is 0 Å². The zero-order valence-corrected chi connectivity index (χ0v) is 10.6. The van der Waals surface area contributed by atoms with E-state index in [1.807, 2.05) is 12.1 Å². The van der Waals surface area contributed by atoms with Gasteiger partial charge in [-0.25, -0.2) is 4.39 Å². The molecule has 4 heteroatoms. The van der Waals surface area contributed by atoms with Crippen molar-refractivity contribution in [2.45, 2.75) is 6.61 Å². The molecular formula is C13H11BrFNO. The summed E-state index contributed by atoms with van der Waals surface area (Å²) in [5.41, 5.74) is 6.47. The molecule has 0 aromatic heterocycles. The molecule has 0 aliphatic carbocycles. The molecule has 17 heavy (non-hydrogen) atoms. The molecule has 0 atom stereocenters. The molecule has 0 amide bonds. The predicted molar refractivity (Wildman–Crippen MR) is 69.3 cm³/mol. The Kier molecular flexibility index (Phi) is 3.64. The van der Waals surface area contributed by atoms with Gasteiger partial charge in [0.25, 0.3) is 0 Å². The Hall–Kier alpha value is -1.55. The fourth-order valence-corrected chi connectivity index (χ4v) is 1.68. The van der Waals surface area contributed by atoms with Crippen molar-refractivity contribution in [1.82, 2.24) is 0 Å². The second-order valence-electron chi connectivity index (χ2n) is 3.55. The first-order valence-corrected chi connectivity index (χ1v) is 5.87. The van der Waals surface area contributed by atoms with Crippen molar-refractivity contribution in [3.63, 3.8) is 0 Å². The number of hydrogen-bond acceptors (Lipinski definition) is 2. The van der Waals surface area contributed by atoms with E-state index in [0.717, 1.165) is 4.47 Å². The summed E-state index contributed by atoms with van der Waals surface area (Å²) in [4.78, 5) is 0. The van der Waals surface area contributed by atoms with Crippen LogP contribution in [0.15, 0.2) is 46.9 Å². The highest BCUT2D eigenvalue weighted by atomic mass is 79.9. The predicted octanol–water partition coefficient (Wildman–Crippen LogP) is 3.75. The Labute approximate surface area is 107 Å². The van der Waals surface area contributed by atoms with Crippen molar-refractivity contribution >= 4 is 21.6 Å². The average molecular weight is 296 g/mol. The van der Waals surface area contributed by atoms with E-state index in [-0.39, 0.29) is 12.4 Å². The number of anilines is 1. The van der Waals surface area contributed by atoms with Crippen LogP contribution in [0.4, 0.5) is 10.1 Å². The third kappa shape index (κ3) is 2.97. The lowest BCUT2D eigenvalue weighted by Gasteiger charge is -2.09. The maximum atomic E-state index is 13.4. The molecule has 2 rings (SSSR count). The van der Waals surface area contributed by atoms with Crippen LogP contribution < -0.4 is 10.5 Å². The Morgan fingerprint density at radius 1 is 1.12 bits per heavy atom. The molecule has 0 radical (unpaired) electrons. The van der Waals surface area contributed by atoms with Crippen LogP contribution in [0.2, 0.25) is 0 Å². The molecule has 2 nitrogen and oxygen atoms in total. The van der Waals surface area contributed by atoms with Crippen molar-refractivity contribution in [1.29, 1.82) is 0 Å². The molecule has 0 saturated heterocycles. The maximum Gasteiger partial charge on any atom is 0.131 e. The zero-order chi connectivity index (χ0) is 12.3. The number of hydrogen-bond donors (Lipinski definition) is 1. The van der Waals surface area contributed by atoms with Crippen LogP contribution in [-0.4, -0.2) is 0 Å². The van der Waals surface area contributed by atoms with Gasteiger partial charge in [0, 0.05) is 15.7 Å². The van der Waals surface area contributed by atoms with Crippen molar-refractivity contribution in [3.05, 3.63) is 58.3 Å².